The molecule has 1 aromatic heterocycles. The molecule has 0 spiro atoms. The second-order valence-electron chi connectivity index (χ2n) is 4.75. The molecular weight excluding hydrogens is 264 g/mol. The maximum absolute atomic E-state index is 5.41. The second kappa shape index (κ2) is 7.64. The summed E-state index contributed by atoms with van der Waals surface area (Å²) < 4.78 is 10.8. The van der Waals surface area contributed by atoms with Gasteiger partial charge in [-0.15, -0.1) is 0 Å². The van der Waals surface area contributed by atoms with E-state index >= 15 is 0 Å². The van der Waals surface area contributed by atoms with Gasteiger partial charge in [0, 0.05) is 24.9 Å². The Balaban J connectivity index is 2.35. The summed E-state index contributed by atoms with van der Waals surface area (Å²) in [4.78, 5) is 4.40. The molecule has 0 saturated carbocycles. The van der Waals surface area contributed by atoms with Gasteiger partial charge in [-0.25, -0.2) is 0 Å². The monoisotopic (exact) mass is 286 g/mol. The van der Waals surface area contributed by atoms with Gasteiger partial charge < -0.3 is 14.8 Å². The number of benzene rings is 1. The first kappa shape index (κ1) is 15.3. The molecule has 0 aliphatic heterocycles. The molecule has 1 aromatic carbocycles. The molecule has 2 aromatic rings. The van der Waals surface area contributed by atoms with Gasteiger partial charge in [0.1, 0.15) is 0 Å². The Bertz CT molecular complexity index is 571. The Morgan fingerprint density at radius 2 is 1.76 bits per heavy atom. The van der Waals surface area contributed by atoms with Gasteiger partial charge in [0.05, 0.1) is 14.2 Å². The Kier molecular flexibility index (Phi) is 5.58. The first-order valence-electron chi connectivity index (χ1n) is 7.12. The van der Waals surface area contributed by atoms with Crippen LogP contribution in [0.2, 0.25) is 0 Å². The number of nitrogens with zero attached hydrogens (tertiary/aromatic N) is 1. The van der Waals surface area contributed by atoms with Crippen molar-refractivity contribution in [2.75, 3.05) is 20.8 Å². The molecule has 0 radical (unpaired) electrons. The molecule has 2 rings (SSSR count). The zero-order valence-corrected chi connectivity index (χ0v) is 12.8. The van der Waals surface area contributed by atoms with Crippen molar-refractivity contribution >= 4 is 0 Å². The van der Waals surface area contributed by atoms with Crippen LogP contribution < -0.4 is 14.8 Å². The van der Waals surface area contributed by atoms with Gasteiger partial charge in [-0.1, -0.05) is 13.0 Å². The van der Waals surface area contributed by atoms with Crippen LogP contribution in [0.15, 0.2) is 36.5 Å². The number of nitrogens with one attached hydrogen (secondary N) is 1. The van der Waals surface area contributed by atoms with Crippen molar-refractivity contribution in [3.05, 3.63) is 53.3 Å². The lowest BCUT2D eigenvalue weighted by atomic mass is 10.0. The standard InChI is InChI=1S/C17H22N2O2/c1-4-18-12-14-11-17(21-3)16(20-2)10-13(14)9-15-7-5-6-8-19-15/h5-8,10-11,18H,4,9,12H2,1-3H3. The lowest BCUT2D eigenvalue weighted by molar-refractivity contribution is 0.354. The summed E-state index contributed by atoms with van der Waals surface area (Å²) in [6.45, 7) is 3.83. The molecule has 4 nitrogen and oxygen atoms in total. The van der Waals surface area contributed by atoms with E-state index in [-0.39, 0.29) is 0 Å². The maximum atomic E-state index is 5.41. The third-order valence-corrected chi connectivity index (χ3v) is 3.37. The Morgan fingerprint density at radius 3 is 2.33 bits per heavy atom. The summed E-state index contributed by atoms with van der Waals surface area (Å²) in [5.74, 6) is 1.51. The molecule has 0 aliphatic carbocycles. The minimum absolute atomic E-state index is 0.753. The number of methoxy groups -OCH3 is 2. The first-order valence-corrected chi connectivity index (χ1v) is 7.12. The Morgan fingerprint density at radius 1 is 1.05 bits per heavy atom. The predicted molar refractivity (Wildman–Crippen MR) is 84.0 cm³/mol. The van der Waals surface area contributed by atoms with Gasteiger partial charge in [0.2, 0.25) is 0 Å². The summed E-state index contributed by atoms with van der Waals surface area (Å²) in [6.07, 6.45) is 2.60. The van der Waals surface area contributed by atoms with Crippen molar-refractivity contribution in [3.63, 3.8) is 0 Å². The smallest absolute Gasteiger partial charge is 0.161 e. The molecule has 0 bridgehead atoms. The number of rotatable bonds is 7. The van der Waals surface area contributed by atoms with E-state index in [1.54, 1.807) is 14.2 Å². The van der Waals surface area contributed by atoms with Crippen LogP contribution in [0.1, 0.15) is 23.7 Å². The summed E-state index contributed by atoms with van der Waals surface area (Å²) in [5.41, 5.74) is 3.45. The molecular formula is C17H22N2O2. The van der Waals surface area contributed by atoms with Crippen molar-refractivity contribution in [1.82, 2.24) is 10.3 Å². The van der Waals surface area contributed by atoms with E-state index in [4.69, 9.17) is 9.47 Å². The Labute approximate surface area is 126 Å². The summed E-state index contributed by atoms with van der Waals surface area (Å²) in [5, 5.41) is 3.36. The van der Waals surface area contributed by atoms with Crippen LogP contribution in [0.3, 0.4) is 0 Å². The highest BCUT2D eigenvalue weighted by atomic mass is 16.5. The molecule has 1 N–H and O–H groups in total. The van der Waals surface area contributed by atoms with Crippen LogP contribution in [0, 0.1) is 0 Å². The fourth-order valence-corrected chi connectivity index (χ4v) is 2.25. The summed E-state index contributed by atoms with van der Waals surface area (Å²) in [6, 6.07) is 10.1. The SMILES string of the molecule is CCNCc1cc(OC)c(OC)cc1Cc1ccccn1. The van der Waals surface area contributed by atoms with Gasteiger partial charge >= 0.3 is 0 Å². The highest BCUT2D eigenvalue weighted by Gasteiger charge is 2.11. The number of hydrogen-bond acceptors (Lipinski definition) is 4. The lowest BCUT2D eigenvalue weighted by Crippen LogP contribution is -2.14. The first-order chi connectivity index (χ1) is 10.3. The normalized spacial score (nSPS) is 10.4. The average Bonchev–Trinajstić information content (AvgIpc) is 2.54. The van der Waals surface area contributed by atoms with Crippen LogP contribution in [-0.2, 0) is 13.0 Å². The highest BCUT2D eigenvalue weighted by molar-refractivity contribution is 5.48. The van der Waals surface area contributed by atoms with Crippen LogP contribution >= 0.6 is 0 Å². The predicted octanol–water partition coefficient (Wildman–Crippen LogP) is 2.80. The molecule has 0 unspecified atom stereocenters. The van der Waals surface area contributed by atoms with Crippen LogP contribution in [-0.4, -0.2) is 25.7 Å². The number of pyridine rings is 1. The summed E-state index contributed by atoms with van der Waals surface area (Å²) >= 11 is 0. The number of hydrogen-bond donors (Lipinski definition) is 1. The minimum atomic E-state index is 0.753. The average molecular weight is 286 g/mol. The van der Waals surface area contributed by atoms with Gasteiger partial charge in [-0.3, -0.25) is 4.98 Å². The zero-order valence-electron chi connectivity index (χ0n) is 12.8. The quantitative estimate of drug-likeness (QED) is 0.850. The Hall–Kier alpha value is -2.07. The lowest BCUT2D eigenvalue weighted by Gasteiger charge is -2.15. The van der Waals surface area contributed by atoms with Crippen LogP contribution in [0.25, 0.3) is 0 Å². The maximum Gasteiger partial charge on any atom is 0.161 e. The van der Waals surface area contributed by atoms with Crippen molar-refractivity contribution in [2.24, 2.45) is 0 Å². The van der Waals surface area contributed by atoms with Crippen molar-refractivity contribution in [3.8, 4) is 11.5 Å². The molecule has 112 valence electrons. The van der Waals surface area contributed by atoms with E-state index in [0.717, 1.165) is 36.7 Å². The summed E-state index contributed by atoms with van der Waals surface area (Å²) in [7, 11) is 3.32. The van der Waals surface area contributed by atoms with E-state index in [1.807, 2.05) is 36.5 Å². The molecule has 21 heavy (non-hydrogen) atoms. The van der Waals surface area contributed by atoms with Crippen LogP contribution in [0.5, 0.6) is 11.5 Å². The highest BCUT2D eigenvalue weighted by Crippen LogP contribution is 2.31. The van der Waals surface area contributed by atoms with Crippen LogP contribution in [0.4, 0.5) is 0 Å². The van der Waals surface area contributed by atoms with Gasteiger partial charge in [-0.05, 0) is 41.9 Å². The van der Waals surface area contributed by atoms with E-state index in [1.165, 1.54) is 11.1 Å². The van der Waals surface area contributed by atoms with Gasteiger partial charge in [0.15, 0.2) is 11.5 Å². The van der Waals surface area contributed by atoms with Crippen molar-refractivity contribution < 1.29 is 9.47 Å². The third-order valence-electron chi connectivity index (χ3n) is 3.37. The van der Waals surface area contributed by atoms with E-state index in [0.29, 0.717) is 0 Å². The molecule has 4 heteroatoms. The molecule has 0 aliphatic rings. The van der Waals surface area contributed by atoms with Gasteiger partial charge in [-0.2, -0.15) is 0 Å². The third kappa shape index (κ3) is 3.95. The second-order valence-corrected chi connectivity index (χ2v) is 4.75. The fraction of sp³-hybridized carbons (Fsp3) is 0.353. The van der Waals surface area contributed by atoms with Crippen molar-refractivity contribution in [1.29, 1.82) is 0 Å². The zero-order chi connectivity index (χ0) is 15.1. The molecule has 0 fully saturated rings. The molecule has 1 heterocycles. The van der Waals surface area contributed by atoms with E-state index in [9.17, 15) is 0 Å². The minimum Gasteiger partial charge on any atom is -0.493 e. The molecule has 0 amide bonds. The molecule has 0 saturated heterocycles. The fourth-order valence-electron chi connectivity index (χ4n) is 2.25. The van der Waals surface area contributed by atoms with Crippen molar-refractivity contribution in [2.45, 2.75) is 19.9 Å². The number of ether oxygens (including phenoxy) is 2. The van der Waals surface area contributed by atoms with Gasteiger partial charge in [0.25, 0.3) is 0 Å². The number of aromatic nitrogens is 1. The topological polar surface area (TPSA) is 43.4 Å². The van der Waals surface area contributed by atoms with E-state index < -0.39 is 0 Å². The largest absolute Gasteiger partial charge is 0.493 e. The van der Waals surface area contributed by atoms with E-state index in [2.05, 4.69) is 17.2 Å². The molecule has 0 atom stereocenters.